The quantitative estimate of drug-likeness (QED) is 0.447. The summed E-state index contributed by atoms with van der Waals surface area (Å²) in [6.45, 7) is 10.8. The molecule has 0 heteroatoms. The summed E-state index contributed by atoms with van der Waals surface area (Å²) in [4.78, 5) is 0. The predicted molar refractivity (Wildman–Crippen MR) is 29.1 cm³/mol. The standard InChI is InChI=1S/C6H10/c1-4-5-6(2)3/h1-5H2. The molecule has 0 bridgehead atoms. The summed E-state index contributed by atoms with van der Waals surface area (Å²) in [6.07, 6.45) is 1.88. The maximum Gasteiger partial charge on any atom is 0.0938 e. The molecule has 6 heavy (non-hydrogen) atoms. The van der Waals surface area contributed by atoms with Crippen molar-refractivity contribution >= 4 is 0 Å². The van der Waals surface area contributed by atoms with Crippen LogP contribution in [-0.4, -0.2) is 0 Å². The predicted octanol–water partition coefficient (Wildman–Crippen LogP) is 1.99. The summed E-state index contributed by atoms with van der Waals surface area (Å²) in [7, 11) is 0. The third-order valence-electron chi connectivity index (χ3n) is 0.530. The van der Waals surface area contributed by atoms with Gasteiger partial charge in [-0.1, -0.05) is 0 Å². The van der Waals surface area contributed by atoms with Gasteiger partial charge in [-0.05, 0) is 6.42 Å². The lowest BCUT2D eigenvalue weighted by atomic mass is 10.2. The van der Waals surface area contributed by atoms with Gasteiger partial charge >= 0.3 is 0 Å². The van der Waals surface area contributed by atoms with Crippen LogP contribution >= 0.6 is 0 Å². The molecule has 0 nitrogen and oxygen atoms in total. The molecule has 0 aliphatic heterocycles. The van der Waals surface area contributed by atoms with Gasteiger partial charge in [-0.2, -0.15) is 6.42 Å². The van der Waals surface area contributed by atoms with Gasteiger partial charge < -0.3 is 6.92 Å². The number of allylic oxidation sites excluding steroid dienone is 1. The van der Waals surface area contributed by atoms with E-state index in [9.17, 15) is 0 Å². The zero-order chi connectivity index (χ0) is 4.99. The first-order valence-corrected chi connectivity index (χ1v) is 2.06. The monoisotopic (exact) mass is 82.1 g/mol. The van der Waals surface area contributed by atoms with Crippen LogP contribution in [0.4, 0.5) is 0 Å². The second-order valence-corrected chi connectivity index (χ2v) is 1.35. The third-order valence-corrected chi connectivity index (χ3v) is 0.530. The van der Waals surface area contributed by atoms with Crippen LogP contribution < -0.4 is 0 Å². The van der Waals surface area contributed by atoms with E-state index in [1.807, 2.05) is 0 Å². The van der Waals surface area contributed by atoms with Crippen LogP contribution in [-0.2, 0) is 0 Å². The highest BCUT2D eigenvalue weighted by Gasteiger charge is 1.80. The van der Waals surface area contributed by atoms with Crippen molar-refractivity contribution in [3.63, 3.8) is 0 Å². The van der Waals surface area contributed by atoms with E-state index in [4.69, 9.17) is 0 Å². The third kappa shape index (κ3) is 3.61. The van der Waals surface area contributed by atoms with Crippen LogP contribution in [0.5, 0.6) is 0 Å². The van der Waals surface area contributed by atoms with Gasteiger partial charge in [-0.15, -0.1) is 0 Å². The molecule has 0 saturated carbocycles. The van der Waals surface area contributed by atoms with Gasteiger partial charge in [0.05, 0.1) is 5.57 Å². The van der Waals surface area contributed by atoms with Crippen molar-refractivity contribution in [2.75, 3.05) is 0 Å². The summed E-state index contributed by atoms with van der Waals surface area (Å²) < 4.78 is 0. The van der Waals surface area contributed by atoms with E-state index in [1.165, 1.54) is 0 Å². The van der Waals surface area contributed by atoms with Gasteiger partial charge in [0.25, 0.3) is 0 Å². The molecule has 0 unspecified atom stereocenters. The van der Waals surface area contributed by atoms with Crippen LogP contribution in [0.3, 0.4) is 0 Å². The lowest BCUT2D eigenvalue weighted by Gasteiger charge is -1.86. The Balaban J connectivity index is 2.83. The Morgan fingerprint density at radius 2 is 2.33 bits per heavy atom. The van der Waals surface area contributed by atoms with Crippen LogP contribution in [0.1, 0.15) is 12.8 Å². The van der Waals surface area contributed by atoms with Crippen LogP contribution in [0.25, 0.3) is 0 Å². The van der Waals surface area contributed by atoms with Gasteiger partial charge in [0.1, 0.15) is 0 Å². The molecular weight excluding hydrogens is 72.1 g/mol. The number of hydrogen-bond donors (Lipinski definition) is 0. The van der Waals surface area contributed by atoms with E-state index in [1.54, 1.807) is 0 Å². The molecule has 0 rings (SSSR count). The van der Waals surface area contributed by atoms with Gasteiger partial charge in [-0.25, -0.2) is 0 Å². The SMILES string of the molecule is C=C([CH2+])CC[CH2-]. The molecule has 0 aromatic rings. The lowest BCUT2D eigenvalue weighted by Crippen LogP contribution is -1.67. The van der Waals surface area contributed by atoms with E-state index >= 15 is 0 Å². The zero-order valence-corrected chi connectivity index (χ0v) is 4.04. The minimum Gasteiger partial charge on any atom is -0.343 e. The molecule has 0 saturated heterocycles. The molecule has 0 amide bonds. The maximum absolute atomic E-state index is 3.62. The van der Waals surface area contributed by atoms with Crippen molar-refractivity contribution in [2.45, 2.75) is 12.8 Å². The molecule has 0 radical (unpaired) electrons. The average molecular weight is 82.1 g/mol. The molecule has 0 fully saturated rings. The van der Waals surface area contributed by atoms with Gasteiger partial charge in [0, 0.05) is 13.5 Å². The second kappa shape index (κ2) is 2.83. The van der Waals surface area contributed by atoms with Crippen molar-refractivity contribution in [3.05, 3.63) is 26.0 Å². The molecule has 0 aromatic carbocycles. The molecule has 0 aliphatic carbocycles. The molecule has 0 aliphatic rings. The van der Waals surface area contributed by atoms with Crippen molar-refractivity contribution < 1.29 is 0 Å². The Morgan fingerprint density at radius 1 is 1.83 bits per heavy atom. The van der Waals surface area contributed by atoms with E-state index in [0.717, 1.165) is 18.4 Å². The first-order valence-electron chi connectivity index (χ1n) is 2.06. The summed E-state index contributed by atoms with van der Waals surface area (Å²) >= 11 is 0. The minimum absolute atomic E-state index is 0.919. The van der Waals surface area contributed by atoms with Crippen molar-refractivity contribution in [2.24, 2.45) is 0 Å². The summed E-state index contributed by atoms with van der Waals surface area (Å²) in [6, 6.07) is 0. The fraction of sp³-hybridized carbons (Fsp3) is 0.333. The molecule has 0 aromatic heterocycles. The van der Waals surface area contributed by atoms with Crippen LogP contribution in [0, 0.1) is 13.8 Å². The first-order chi connectivity index (χ1) is 2.77. The molecule has 0 spiro atoms. The van der Waals surface area contributed by atoms with Gasteiger partial charge in [0.15, 0.2) is 0 Å². The highest BCUT2D eigenvalue weighted by molar-refractivity contribution is 4.96. The number of rotatable bonds is 2. The topological polar surface area (TPSA) is 0 Å². The normalized spacial score (nSPS) is 8.17. The molecular formula is C6H10. The van der Waals surface area contributed by atoms with Crippen molar-refractivity contribution in [1.29, 1.82) is 0 Å². The van der Waals surface area contributed by atoms with Crippen molar-refractivity contribution in [1.82, 2.24) is 0 Å². The molecule has 0 N–H and O–H groups in total. The molecule has 0 heterocycles. The molecule has 0 atom stereocenters. The first kappa shape index (κ1) is 5.61. The van der Waals surface area contributed by atoms with E-state index in [-0.39, 0.29) is 0 Å². The highest BCUT2D eigenvalue weighted by atomic mass is 13.8. The Bertz CT molecular complexity index is 44.0. The zero-order valence-electron chi connectivity index (χ0n) is 4.04. The summed E-state index contributed by atoms with van der Waals surface area (Å²) in [5, 5.41) is 0. The fourth-order valence-electron chi connectivity index (χ4n) is 0.250. The van der Waals surface area contributed by atoms with Crippen LogP contribution in [0.2, 0.25) is 0 Å². The van der Waals surface area contributed by atoms with Gasteiger partial charge in [0.2, 0.25) is 0 Å². The largest absolute Gasteiger partial charge is 0.343 e. The maximum atomic E-state index is 3.62. The fourth-order valence-corrected chi connectivity index (χ4v) is 0.250. The Hall–Kier alpha value is -0.390. The van der Waals surface area contributed by atoms with Crippen molar-refractivity contribution in [3.8, 4) is 0 Å². The number of hydrogen-bond acceptors (Lipinski definition) is 0. The average Bonchev–Trinajstić information content (AvgIpc) is 1.35. The summed E-state index contributed by atoms with van der Waals surface area (Å²) in [5.74, 6) is 0. The van der Waals surface area contributed by atoms with E-state index in [2.05, 4.69) is 20.4 Å². The minimum atomic E-state index is 0.919. The van der Waals surface area contributed by atoms with Gasteiger partial charge in [-0.3, -0.25) is 0 Å². The summed E-state index contributed by atoms with van der Waals surface area (Å²) in [5.41, 5.74) is 0.977. The Labute approximate surface area is 39.9 Å². The van der Waals surface area contributed by atoms with E-state index < -0.39 is 0 Å². The molecule has 34 valence electrons. The second-order valence-electron chi connectivity index (χ2n) is 1.35. The van der Waals surface area contributed by atoms with E-state index in [0.29, 0.717) is 0 Å². The highest BCUT2D eigenvalue weighted by Crippen LogP contribution is 1.95. The smallest absolute Gasteiger partial charge is 0.0938 e. The lowest BCUT2D eigenvalue weighted by molar-refractivity contribution is 1.01. The van der Waals surface area contributed by atoms with Crippen LogP contribution in [0.15, 0.2) is 12.2 Å². The Kier molecular flexibility index (Phi) is 2.64. The Morgan fingerprint density at radius 3 is 2.33 bits per heavy atom.